The fourth-order valence-electron chi connectivity index (χ4n) is 3.33. The minimum atomic E-state index is -0.772. The first-order chi connectivity index (χ1) is 13.4. The lowest BCUT2D eigenvalue weighted by molar-refractivity contribution is -0.144. The van der Waals surface area contributed by atoms with Gasteiger partial charge in [0.1, 0.15) is 11.6 Å². The van der Waals surface area contributed by atoms with Crippen LogP contribution in [-0.2, 0) is 28.9 Å². The van der Waals surface area contributed by atoms with Crippen LogP contribution in [-0.4, -0.2) is 29.6 Å². The number of esters is 1. The minimum absolute atomic E-state index is 0.0938. The summed E-state index contributed by atoms with van der Waals surface area (Å²) in [5, 5.41) is 2.73. The van der Waals surface area contributed by atoms with E-state index in [1.165, 1.54) is 7.11 Å². The fraction of sp³-hybridized carbons (Fsp3) is 0.682. The molecule has 0 bridgehead atoms. The van der Waals surface area contributed by atoms with E-state index in [0.29, 0.717) is 13.0 Å². The average Bonchev–Trinajstić information content (AvgIpc) is 2.70. The average molecular weight is 393 g/mol. The third kappa shape index (κ3) is 5.69. The Hall–Kier alpha value is -2.11. The first kappa shape index (κ1) is 23.9. The zero-order valence-corrected chi connectivity index (χ0v) is 18.3. The molecule has 0 aliphatic carbocycles. The Kier molecular flexibility index (Phi) is 9.97. The maximum absolute atomic E-state index is 13.1. The molecule has 158 valence electrons. The van der Waals surface area contributed by atoms with E-state index in [9.17, 15) is 14.4 Å². The maximum atomic E-state index is 13.1. The SMILES string of the molecule is CCCCn1c(CCC)c(CC)cc(C(=O)N[C@H](C(=O)OC)[C@H](C)CC)c1=O. The second kappa shape index (κ2) is 11.7. The standard InChI is InChI=1S/C22H36N2O4/c1-7-11-13-24-18(12-8-2)16(10-4)14-17(21(24)26)20(25)23-19(15(5)9-3)22(27)28-6/h14-15,19H,7-13H2,1-6H3,(H,23,25)/t15-,19+/m1/s1. The van der Waals surface area contributed by atoms with Crippen molar-refractivity contribution in [1.82, 2.24) is 9.88 Å². The van der Waals surface area contributed by atoms with Gasteiger partial charge in [-0.2, -0.15) is 0 Å². The van der Waals surface area contributed by atoms with Gasteiger partial charge in [-0.3, -0.25) is 9.59 Å². The maximum Gasteiger partial charge on any atom is 0.328 e. The third-order valence-corrected chi connectivity index (χ3v) is 5.29. The number of aromatic nitrogens is 1. The Morgan fingerprint density at radius 2 is 1.86 bits per heavy atom. The molecule has 0 aliphatic rings. The highest BCUT2D eigenvalue weighted by atomic mass is 16.5. The number of carbonyl (C=O) groups is 2. The Morgan fingerprint density at radius 1 is 1.18 bits per heavy atom. The van der Waals surface area contributed by atoms with Gasteiger partial charge in [0.25, 0.3) is 11.5 Å². The largest absolute Gasteiger partial charge is 0.467 e. The predicted octanol–water partition coefficient (Wildman–Crippen LogP) is 3.48. The molecule has 1 amide bonds. The smallest absolute Gasteiger partial charge is 0.328 e. The summed E-state index contributed by atoms with van der Waals surface area (Å²) < 4.78 is 6.60. The summed E-state index contributed by atoms with van der Waals surface area (Å²) in [5.41, 5.74) is 1.86. The number of aryl methyl sites for hydroxylation is 1. The van der Waals surface area contributed by atoms with Gasteiger partial charge in [0.05, 0.1) is 7.11 Å². The summed E-state index contributed by atoms with van der Waals surface area (Å²) >= 11 is 0. The number of ether oxygens (including phenoxy) is 1. The molecular formula is C22H36N2O4. The Morgan fingerprint density at radius 3 is 2.36 bits per heavy atom. The number of pyridine rings is 1. The van der Waals surface area contributed by atoms with E-state index in [-0.39, 0.29) is 17.0 Å². The van der Waals surface area contributed by atoms with Gasteiger partial charge in [-0.15, -0.1) is 0 Å². The van der Waals surface area contributed by atoms with Crippen LogP contribution < -0.4 is 10.9 Å². The number of methoxy groups -OCH3 is 1. The van der Waals surface area contributed by atoms with Crippen molar-refractivity contribution in [2.24, 2.45) is 5.92 Å². The highest BCUT2D eigenvalue weighted by molar-refractivity contribution is 5.96. The molecule has 6 heteroatoms. The number of amides is 1. The Balaban J connectivity index is 3.40. The molecule has 0 saturated heterocycles. The van der Waals surface area contributed by atoms with Crippen LogP contribution in [0.1, 0.15) is 81.9 Å². The third-order valence-electron chi connectivity index (χ3n) is 5.29. The molecule has 6 nitrogen and oxygen atoms in total. The number of hydrogen-bond acceptors (Lipinski definition) is 4. The predicted molar refractivity (Wildman–Crippen MR) is 112 cm³/mol. The van der Waals surface area contributed by atoms with E-state index in [1.54, 1.807) is 10.6 Å². The molecule has 1 N–H and O–H groups in total. The number of hydrogen-bond donors (Lipinski definition) is 1. The Bertz CT molecular complexity index is 724. The molecule has 28 heavy (non-hydrogen) atoms. The summed E-state index contributed by atoms with van der Waals surface area (Å²) in [5.74, 6) is -1.10. The van der Waals surface area contributed by atoms with E-state index in [1.807, 2.05) is 20.8 Å². The molecule has 0 aromatic carbocycles. The molecule has 0 fully saturated rings. The molecule has 1 aromatic rings. The van der Waals surface area contributed by atoms with Crippen molar-refractivity contribution >= 4 is 11.9 Å². The van der Waals surface area contributed by atoms with Gasteiger partial charge in [-0.05, 0) is 36.8 Å². The van der Waals surface area contributed by atoms with Gasteiger partial charge in [-0.25, -0.2) is 4.79 Å². The molecule has 0 spiro atoms. The molecule has 0 unspecified atom stereocenters. The van der Waals surface area contributed by atoms with Crippen LogP contribution in [0, 0.1) is 5.92 Å². The summed E-state index contributed by atoms with van der Waals surface area (Å²) in [7, 11) is 1.30. The topological polar surface area (TPSA) is 77.4 Å². The highest BCUT2D eigenvalue weighted by Crippen LogP contribution is 2.15. The molecule has 1 heterocycles. The minimum Gasteiger partial charge on any atom is -0.467 e. The first-order valence-electron chi connectivity index (χ1n) is 10.5. The number of rotatable bonds is 11. The molecule has 2 atom stereocenters. The van der Waals surface area contributed by atoms with Crippen LogP contribution in [0.3, 0.4) is 0 Å². The van der Waals surface area contributed by atoms with Crippen LogP contribution in [0.15, 0.2) is 10.9 Å². The summed E-state index contributed by atoms with van der Waals surface area (Å²) in [6, 6.07) is 0.933. The summed E-state index contributed by atoms with van der Waals surface area (Å²) in [6.45, 7) is 10.6. The molecule has 1 aromatic heterocycles. The van der Waals surface area contributed by atoms with Gasteiger partial charge >= 0.3 is 5.97 Å². The van der Waals surface area contributed by atoms with E-state index in [4.69, 9.17) is 4.74 Å². The normalized spacial score (nSPS) is 13.1. The number of carbonyl (C=O) groups excluding carboxylic acids is 2. The fourth-order valence-corrected chi connectivity index (χ4v) is 3.33. The van der Waals surface area contributed by atoms with Crippen molar-refractivity contribution in [2.45, 2.75) is 85.7 Å². The van der Waals surface area contributed by atoms with Crippen LogP contribution in [0.4, 0.5) is 0 Å². The second-order valence-electron chi connectivity index (χ2n) is 7.30. The van der Waals surface area contributed by atoms with E-state index >= 15 is 0 Å². The van der Waals surface area contributed by atoms with Crippen molar-refractivity contribution in [2.75, 3.05) is 7.11 Å². The molecule has 1 rings (SSSR count). The lowest BCUT2D eigenvalue weighted by Crippen LogP contribution is -2.47. The van der Waals surface area contributed by atoms with Crippen LogP contribution in [0.25, 0.3) is 0 Å². The monoisotopic (exact) mass is 392 g/mol. The number of nitrogens with zero attached hydrogens (tertiary/aromatic N) is 1. The molecule has 0 radical (unpaired) electrons. The van der Waals surface area contributed by atoms with E-state index < -0.39 is 17.9 Å². The zero-order valence-electron chi connectivity index (χ0n) is 18.3. The number of unbranched alkanes of at least 4 members (excludes halogenated alkanes) is 1. The van der Waals surface area contributed by atoms with Gasteiger partial charge in [0, 0.05) is 12.2 Å². The van der Waals surface area contributed by atoms with Crippen molar-refractivity contribution in [3.8, 4) is 0 Å². The van der Waals surface area contributed by atoms with E-state index in [2.05, 4.69) is 19.2 Å². The van der Waals surface area contributed by atoms with Crippen molar-refractivity contribution in [3.63, 3.8) is 0 Å². The lowest BCUT2D eigenvalue weighted by Gasteiger charge is -2.23. The van der Waals surface area contributed by atoms with Gasteiger partial charge < -0.3 is 14.6 Å². The zero-order chi connectivity index (χ0) is 21.3. The lowest BCUT2D eigenvalue weighted by atomic mass is 9.98. The highest BCUT2D eigenvalue weighted by Gasteiger charge is 2.28. The van der Waals surface area contributed by atoms with Crippen LogP contribution in [0.2, 0.25) is 0 Å². The summed E-state index contributed by atoms with van der Waals surface area (Å²) in [4.78, 5) is 38.2. The second-order valence-corrected chi connectivity index (χ2v) is 7.30. The number of nitrogens with one attached hydrogen (secondary N) is 1. The van der Waals surface area contributed by atoms with Crippen molar-refractivity contribution < 1.29 is 14.3 Å². The Labute approximate surface area is 168 Å². The molecular weight excluding hydrogens is 356 g/mol. The first-order valence-corrected chi connectivity index (χ1v) is 10.5. The van der Waals surface area contributed by atoms with E-state index in [0.717, 1.165) is 43.4 Å². The van der Waals surface area contributed by atoms with Crippen LogP contribution >= 0.6 is 0 Å². The van der Waals surface area contributed by atoms with Crippen molar-refractivity contribution in [3.05, 3.63) is 33.2 Å². The van der Waals surface area contributed by atoms with Gasteiger partial charge in [0.15, 0.2) is 0 Å². The summed E-state index contributed by atoms with van der Waals surface area (Å²) in [6.07, 6.45) is 5.03. The van der Waals surface area contributed by atoms with Crippen molar-refractivity contribution in [1.29, 1.82) is 0 Å². The molecule has 0 aliphatic heterocycles. The molecule has 0 saturated carbocycles. The van der Waals surface area contributed by atoms with Gasteiger partial charge in [-0.1, -0.05) is 53.9 Å². The quantitative estimate of drug-likeness (QED) is 0.585. The van der Waals surface area contributed by atoms with Crippen LogP contribution in [0.5, 0.6) is 0 Å². The van der Waals surface area contributed by atoms with Gasteiger partial charge in [0.2, 0.25) is 0 Å².